The molecule has 25 heavy (non-hydrogen) atoms. The molecule has 1 aliphatic heterocycles. The summed E-state index contributed by atoms with van der Waals surface area (Å²) in [5.74, 6) is -0.589. The summed E-state index contributed by atoms with van der Waals surface area (Å²) < 4.78 is 40.9. The van der Waals surface area contributed by atoms with Crippen LogP contribution in [0.5, 0.6) is 0 Å². The monoisotopic (exact) mass is 382 g/mol. The van der Waals surface area contributed by atoms with E-state index in [4.69, 9.17) is 11.6 Å². The van der Waals surface area contributed by atoms with Crippen LogP contribution in [0.3, 0.4) is 0 Å². The van der Waals surface area contributed by atoms with E-state index in [1.807, 2.05) is 18.2 Å². The average molecular weight is 383 g/mol. The molecule has 7 heteroatoms. The minimum absolute atomic E-state index is 0.146. The quantitative estimate of drug-likeness (QED) is 0.746. The minimum atomic E-state index is -3.85. The summed E-state index contributed by atoms with van der Waals surface area (Å²) in [6.07, 6.45) is 0. The van der Waals surface area contributed by atoms with Crippen molar-refractivity contribution in [3.05, 3.63) is 65.5 Å². The van der Waals surface area contributed by atoms with Gasteiger partial charge in [0.25, 0.3) is 0 Å². The van der Waals surface area contributed by atoms with Crippen LogP contribution in [-0.4, -0.2) is 43.8 Å². The molecular weight excluding hydrogens is 363 g/mol. The Kier molecular flexibility index (Phi) is 5.74. The van der Waals surface area contributed by atoms with Crippen LogP contribution in [0.4, 0.5) is 4.39 Å². The molecule has 0 spiro atoms. The van der Waals surface area contributed by atoms with Gasteiger partial charge >= 0.3 is 0 Å². The Balaban J connectivity index is 1.69. The van der Waals surface area contributed by atoms with Crippen LogP contribution >= 0.6 is 11.6 Å². The SMILES string of the molecule is O=S(=O)(c1cc(CCl)ccc1F)N1CCN(Cc2ccccc2)CC1. The Morgan fingerprint density at radius 2 is 1.64 bits per heavy atom. The number of alkyl halides is 1. The van der Waals surface area contributed by atoms with Gasteiger partial charge in [0.15, 0.2) is 0 Å². The Hall–Kier alpha value is -1.47. The maximum atomic E-state index is 14.1. The van der Waals surface area contributed by atoms with E-state index in [1.165, 1.54) is 22.0 Å². The molecule has 0 saturated carbocycles. The molecule has 3 rings (SSSR count). The summed E-state index contributed by atoms with van der Waals surface area (Å²) in [5.41, 5.74) is 1.78. The Morgan fingerprint density at radius 3 is 2.28 bits per heavy atom. The Morgan fingerprint density at radius 1 is 0.960 bits per heavy atom. The number of hydrogen-bond donors (Lipinski definition) is 0. The van der Waals surface area contributed by atoms with E-state index >= 15 is 0 Å². The third-order valence-corrected chi connectivity index (χ3v) is 6.57. The fourth-order valence-electron chi connectivity index (χ4n) is 2.94. The molecular formula is C18H20ClFN2O2S. The van der Waals surface area contributed by atoms with Gasteiger partial charge in [0, 0.05) is 38.6 Å². The van der Waals surface area contributed by atoms with Crippen LogP contribution in [0.25, 0.3) is 0 Å². The predicted molar refractivity (Wildman–Crippen MR) is 96.4 cm³/mol. The minimum Gasteiger partial charge on any atom is -0.296 e. The first kappa shape index (κ1) is 18.3. The second-order valence-electron chi connectivity index (χ2n) is 6.06. The van der Waals surface area contributed by atoms with E-state index in [9.17, 15) is 12.8 Å². The maximum absolute atomic E-state index is 14.1. The third kappa shape index (κ3) is 4.20. The van der Waals surface area contributed by atoms with E-state index in [0.717, 1.165) is 12.6 Å². The topological polar surface area (TPSA) is 40.6 Å². The molecule has 2 aromatic carbocycles. The van der Waals surface area contributed by atoms with Gasteiger partial charge in [0.05, 0.1) is 0 Å². The van der Waals surface area contributed by atoms with Crippen molar-refractivity contribution in [2.24, 2.45) is 0 Å². The molecule has 0 atom stereocenters. The zero-order valence-electron chi connectivity index (χ0n) is 13.7. The van der Waals surface area contributed by atoms with Crippen molar-refractivity contribution >= 4 is 21.6 Å². The van der Waals surface area contributed by atoms with Crippen LogP contribution < -0.4 is 0 Å². The van der Waals surface area contributed by atoms with Gasteiger partial charge in [0.1, 0.15) is 10.7 Å². The first-order valence-corrected chi connectivity index (χ1v) is 10.1. The van der Waals surface area contributed by atoms with Gasteiger partial charge in [-0.25, -0.2) is 12.8 Å². The zero-order chi connectivity index (χ0) is 17.9. The highest BCUT2D eigenvalue weighted by molar-refractivity contribution is 7.89. The van der Waals surface area contributed by atoms with E-state index < -0.39 is 15.8 Å². The zero-order valence-corrected chi connectivity index (χ0v) is 15.3. The lowest BCUT2D eigenvalue weighted by Gasteiger charge is -2.34. The molecule has 0 bridgehead atoms. The number of benzene rings is 2. The molecule has 0 aliphatic carbocycles. The van der Waals surface area contributed by atoms with Gasteiger partial charge < -0.3 is 0 Å². The molecule has 4 nitrogen and oxygen atoms in total. The Labute approximate surface area is 152 Å². The number of piperazine rings is 1. The van der Waals surface area contributed by atoms with Crippen LogP contribution in [0, 0.1) is 5.82 Å². The molecule has 1 fully saturated rings. The number of halogens is 2. The summed E-state index contributed by atoms with van der Waals surface area (Å²) in [4.78, 5) is 1.91. The summed E-state index contributed by atoms with van der Waals surface area (Å²) in [7, 11) is -3.85. The molecule has 1 heterocycles. The van der Waals surface area contributed by atoms with E-state index in [-0.39, 0.29) is 10.8 Å². The molecule has 0 unspecified atom stereocenters. The first-order valence-electron chi connectivity index (χ1n) is 8.11. The van der Waals surface area contributed by atoms with Gasteiger partial charge in [0.2, 0.25) is 10.0 Å². The molecule has 134 valence electrons. The van der Waals surface area contributed by atoms with Crippen LogP contribution in [0.15, 0.2) is 53.4 Å². The van der Waals surface area contributed by atoms with E-state index in [0.29, 0.717) is 31.7 Å². The van der Waals surface area contributed by atoms with Crippen molar-refractivity contribution in [2.45, 2.75) is 17.3 Å². The first-order chi connectivity index (χ1) is 12.0. The van der Waals surface area contributed by atoms with Crippen molar-refractivity contribution in [1.82, 2.24) is 9.21 Å². The number of nitrogens with zero attached hydrogens (tertiary/aromatic N) is 2. The standard InChI is InChI=1S/C18H20ClFN2O2S/c19-13-16-6-7-17(20)18(12-16)25(23,24)22-10-8-21(9-11-22)14-15-4-2-1-3-5-15/h1-7,12H,8-11,13-14H2. The predicted octanol–water partition coefficient (Wildman–Crippen LogP) is 3.07. The van der Waals surface area contributed by atoms with Gasteiger partial charge in [-0.05, 0) is 23.3 Å². The molecule has 0 aromatic heterocycles. The number of rotatable bonds is 5. The summed E-state index contributed by atoms with van der Waals surface area (Å²) in [5, 5.41) is 0. The van der Waals surface area contributed by atoms with Crippen LogP contribution in [-0.2, 0) is 22.4 Å². The fraction of sp³-hybridized carbons (Fsp3) is 0.333. The lowest BCUT2D eigenvalue weighted by atomic mass is 10.2. The Bertz CT molecular complexity index is 822. The molecule has 0 amide bonds. The smallest absolute Gasteiger partial charge is 0.246 e. The molecule has 0 N–H and O–H groups in total. The van der Waals surface area contributed by atoms with Crippen molar-refractivity contribution < 1.29 is 12.8 Å². The normalized spacial score (nSPS) is 16.9. The molecule has 1 saturated heterocycles. The van der Waals surface area contributed by atoms with Crippen molar-refractivity contribution in [1.29, 1.82) is 0 Å². The molecule has 0 radical (unpaired) electrons. The highest BCUT2D eigenvalue weighted by Gasteiger charge is 2.30. The summed E-state index contributed by atoms with van der Waals surface area (Å²) in [6, 6.07) is 14.0. The van der Waals surface area contributed by atoms with Gasteiger partial charge in [-0.2, -0.15) is 4.31 Å². The molecule has 2 aromatic rings. The lowest BCUT2D eigenvalue weighted by molar-refractivity contribution is 0.181. The van der Waals surface area contributed by atoms with Gasteiger partial charge in [-0.3, -0.25) is 4.90 Å². The van der Waals surface area contributed by atoms with Crippen LogP contribution in [0.1, 0.15) is 11.1 Å². The number of sulfonamides is 1. The fourth-order valence-corrected chi connectivity index (χ4v) is 4.64. The van der Waals surface area contributed by atoms with Crippen molar-refractivity contribution in [2.75, 3.05) is 26.2 Å². The maximum Gasteiger partial charge on any atom is 0.246 e. The third-order valence-electron chi connectivity index (χ3n) is 4.35. The second-order valence-corrected chi connectivity index (χ2v) is 8.24. The average Bonchev–Trinajstić information content (AvgIpc) is 2.63. The lowest BCUT2D eigenvalue weighted by Crippen LogP contribution is -2.48. The summed E-state index contributed by atoms with van der Waals surface area (Å²) >= 11 is 5.75. The molecule has 1 aliphatic rings. The second kappa shape index (κ2) is 7.83. The highest BCUT2D eigenvalue weighted by atomic mass is 35.5. The van der Waals surface area contributed by atoms with Crippen molar-refractivity contribution in [3.63, 3.8) is 0 Å². The summed E-state index contributed by atoms with van der Waals surface area (Å²) in [6.45, 7) is 2.71. The van der Waals surface area contributed by atoms with E-state index in [2.05, 4.69) is 17.0 Å². The van der Waals surface area contributed by atoms with E-state index in [1.54, 1.807) is 0 Å². The number of hydrogen-bond acceptors (Lipinski definition) is 3. The highest BCUT2D eigenvalue weighted by Crippen LogP contribution is 2.23. The van der Waals surface area contributed by atoms with Gasteiger partial charge in [-0.1, -0.05) is 36.4 Å². The van der Waals surface area contributed by atoms with Crippen LogP contribution in [0.2, 0.25) is 0 Å². The van der Waals surface area contributed by atoms with Crippen molar-refractivity contribution in [3.8, 4) is 0 Å². The largest absolute Gasteiger partial charge is 0.296 e. The van der Waals surface area contributed by atoms with Gasteiger partial charge in [-0.15, -0.1) is 11.6 Å².